The van der Waals surface area contributed by atoms with Gasteiger partial charge in [-0.1, -0.05) is 47.6 Å². The number of hydrogen-bond acceptors (Lipinski definition) is 9. The number of carbonyl (C=O) groups excluding carboxylic acids is 4. The van der Waals surface area contributed by atoms with Gasteiger partial charge in [-0.25, -0.2) is 0 Å². The maximum atomic E-state index is 12.3. The van der Waals surface area contributed by atoms with Gasteiger partial charge in [0.25, 0.3) is 0 Å². The van der Waals surface area contributed by atoms with Gasteiger partial charge < -0.3 is 24.7 Å². The fourth-order valence-electron chi connectivity index (χ4n) is 2.85. The Labute approximate surface area is 207 Å². The molecule has 0 aliphatic carbocycles. The van der Waals surface area contributed by atoms with E-state index in [1.165, 1.54) is 12.1 Å². The molecule has 0 heterocycles. The van der Waals surface area contributed by atoms with Gasteiger partial charge in [-0.15, -0.1) is 0 Å². The first-order valence-corrected chi connectivity index (χ1v) is 11.9. The molecule has 1 aromatic carbocycles. The van der Waals surface area contributed by atoms with Crippen LogP contribution in [0.3, 0.4) is 0 Å². The van der Waals surface area contributed by atoms with Crippen molar-refractivity contribution < 1.29 is 38.1 Å². The Balaban J connectivity index is 2.88. The lowest BCUT2D eigenvalue weighted by Gasteiger charge is -2.17. The van der Waals surface area contributed by atoms with Crippen molar-refractivity contribution in [2.75, 3.05) is 6.61 Å². The van der Waals surface area contributed by atoms with Gasteiger partial charge in [0.15, 0.2) is 11.5 Å². The molecule has 0 amide bonds. The summed E-state index contributed by atoms with van der Waals surface area (Å²) >= 11 is 0. The molecule has 9 heteroatoms. The van der Waals surface area contributed by atoms with Gasteiger partial charge in [0.2, 0.25) is 0 Å². The molecule has 2 N–H and O–H groups in total. The number of carbonyl (C=O) groups is 4. The summed E-state index contributed by atoms with van der Waals surface area (Å²) in [6, 6.07) is 3.67. The number of esters is 4. The Morgan fingerprint density at radius 1 is 0.800 bits per heavy atom. The molecule has 1 aromatic rings. The van der Waals surface area contributed by atoms with Gasteiger partial charge >= 0.3 is 23.9 Å². The van der Waals surface area contributed by atoms with Crippen LogP contribution in [-0.4, -0.2) is 42.6 Å². The molecule has 0 spiro atoms. The molecule has 0 unspecified atom stereocenters. The Hall–Kier alpha value is -2.94. The summed E-state index contributed by atoms with van der Waals surface area (Å²) in [7, 11) is 0. The van der Waals surface area contributed by atoms with E-state index in [4.69, 9.17) is 24.7 Å². The van der Waals surface area contributed by atoms with Crippen LogP contribution in [0.2, 0.25) is 0 Å². The summed E-state index contributed by atoms with van der Waals surface area (Å²) in [5.41, 5.74) is 6.59. The van der Waals surface area contributed by atoms with Gasteiger partial charge in [-0.05, 0) is 42.9 Å². The van der Waals surface area contributed by atoms with E-state index >= 15 is 0 Å². The number of hydrogen-bond donors (Lipinski definition) is 1. The van der Waals surface area contributed by atoms with Crippen LogP contribution in [0.5, 0.6) is 11.5 Å². The third-order valence-corrected chi connectivity index (χ3v) is 4.61. The highest BCUT2D eigenvalue weighted by molar-refractivity contribution is 5.77. The Morgan fingerprint density at radius 3 is 1.86 bits per heavy atom. The molecule has 0 radical (unpaired) electrons. The highest BCUT2D eigenvalue weighted by atomic mass is 16.6. The van der Waals surface area contributed by atoms with Gasteiger partial charge in [0.05, 0.1) is 5.92 Å². The molecular formula is C26H39NO8. The SMILES string of the molecule is CC(C)CC(=O)Oc1ccc(C[C@H](N)C(=O)OC[C@H](C)OC(=O)C(C)C)cc1OC(=O)CC(C)C. The molecule has 2 atom stereocenters. The summed E-state index contributed by atoms with van der Waals surface area (Å²) in [5.74, 6) is -1.85. The first-order chi connectivity index (χ1) is 16.3. The van der Waals surface area contributed by atoms with Crippen LogP contribution in [0.25, 0.3) is 0 Å². The lowest BCUT2D eigenvalue weighted by atomic mass is 10.1. The molecule has 0 aromatic heterocycles. The van der Waals surface area contributed by atoms with Crippen molar-refractivity contribution in [2.45, 2.75) is 79.9 Å². The zero-order chi connectivity index (χ0) is 26.7. The first kappa shape index (κ1) is 30.1. The van der Waals surface area contributed by atoms with Gasteiger partial charge in [-0.3, -0.25) is 19.2 Å². The van der Waals surface area contributed by atoms with Gasteiger partial charge in [0, 0.05) is 12.8 Å². The second kappa shape index (κ2) is 14.5. The second-order valence-corrected chi connectivity index (χ2v) is 9.77. The topological polar surface area (TPSA) is 131 Å². The highest BCUT2D eigenvalue weighted by Crippen LogP contribution is 2.30. The molecule has 0 aliphatic heterocycles. The minimum Gasteiger partial charge on any atom is -0.461 e. The average Bonchev–Trinajstić information content (AvgIpc) is 2.72. The molecule has 1 rings (SSSR count). The fraction of sp³-hybridized carbons (Fsp3) is 0.615. The minimum absolute atomic E-state index is 0.0834. The van der Waals surface area contributed by atoms with Crippen LogP contribution in [0, 0.1) is 17.8 Å². The molecule has 9 nitrogen and oxygen atoms in total. The quantitative estimate of drug-likeness (QED) is 0.323. The zero-order valence-corrected chi connectivity index (χ0v) is 21.8. The van der Waals surface area contributed by atoms with Crippen molar-refractivity contribution in [1.29, 1.82) is 0 Å². The summed E-state index contributed by atoms with van der Waals surface area (Å²) < 4.78 is 21.2. The maximum Gasteiger partial charge on any atom is 0.323 e. The Kier molecular flexibility index (Phi) is 12.4. The third kappa shape index (κ3) is 11.8. The van der Waals surface area contributed by atoms with Crippen molar-refractivity contribution in [1.82, 2.24) is 0 Å². The van der Waals surface area contributed by atoms with Crippen LogP contribution in [0.15, 0.2) is 18.2 Å². The predicted octanol–water partition coefficient (Wildman–Crippen LogP) is 3.59. The van der Waals surface area contributed by atoms with Crippen molar-refractivity contribution in [3.8, 4) is 11.5 Å². The summed E-state index contributed by atoms with van der Waals surface area (Å²) in [5, 5.41) is 0. The van der Waals surface area contributed by atoms with E-state index in [-0.39, 0.29) is 61.1 Å². The molecular weight excluding hydrogens is 454 g/mol. The largest absolute Gasteiger partial charge is 0.461 e. The molecule has 35 heavy (non-hydrogen) atoms. The molecule has 0 saturated carbocycles. The molecule has 0 fully saturated rings. The maximum absolute atomic E-state index is 12.3. The highest BCUT2D eigenvalue weighted by Gasteiger charge is 2.21. The minimum atomic E-state index is -1.00. The van der Waals surface area contributed by atoms with Crippen molar-refractivity contribution in [3.05, 3.63) is 23.8 Å². The second-order valence-electron chi connectivity index (χ2n) is 9.77. The summed E-state index contributed by atoms with van der Waals surface area (Å²) in [6.07, 6.45) is -0.112. The smallest absolute Gasteiger partial charge is 0.323 e. The van der Waals surface area contributed by atoms with Crippen molar-refractivity contribution in [3.63, 3.8) is 0 Å². The van der Waals surface area contributed by atoms with Crippen LogP contribution >= 0.6 is 0 Å². The number of ether oxygens (including phenoxy) is 4. The molecule has 0 bridgehead atoms. The number of benzene rings is 1. The van der Waals surface area contributed by atoms with E-state index in [0.717, 1.165) is 0 Å². The van der Waals surface area contributed by atoms with Gasteiger partial charge in [0.1, 0.15) is 18.8 Å². The van der Waals surface area contributed by atoms with Gasteiger partial charge in [-0.2, -0.15) is 0 Å². The first-order valence-electron chi connectivity index (χ1n) is 11.9. The third-order valence-electron chi connectivity index (χ3n) is 4.61. The van der Waals surface area contributed by atoms with Crippen molar-refractivity contribution >= 4 is 23.9 Å². The molecule has 196 valence electrons. The van der Waals surface area contributed by atoms with Crippen LogP contribution in [0.4, 0.5) is 0 Å². The normalized spacial score (nSPS) is 12.9. The monoisotopic (exact) mass is 493 g/mol. The van der Waals surface area contributed by atoms with E-state index in [1.807, 2.05) is 27.7 Å². The molecule has 0 saturated heterocycles. The number of rotatable bonds is 13. The standard InChI is InChI=1S/C26H39NO8/c1-15(2)10-23(28)34-21-9-8-19(13-22(21)35-24(29)11-16(3)4)12-20(27)26(31)32-14-18(7)33-25(30)17(5)6/h8-9,13,15-18,20H,10-12,14,27H2,1-7H3/t18-,20-/m0/s1. The van der Waals surface area contributed by atoms with Crippen LogP contribution < -0.4 is 15.2 Å². The fourth-order valence-corrected chi connectivity index (χ4v) is 2.85. The van der Waals surface area contributed by atoms with E-state index in [9.17, 15) is 19.2 Å². The zero-order valence-electron chi connectivity index (χ0n) is 21.8. The van der Waals surface area contributed by atoms with E-state index in [0.29, 0.717) is 5.56 Å². The van der Waals surface area contributed by atoms with E-state index < -0.39 is 30.1 Å². The van der Waals surface area contributed by atoms with Crippen LogP contribution in [0.1, 0.15) is 66.9 Å². The lowest BCUT2D eigenvalue weighted by molar-refractivity contribution is -0.161. The number of nitrogens with two attached hydrogens (primary N) is 1. The van der Waals surface area contributed by atoms with E-state index in [1.54, 1.807) is 26.8 Å². The lowest BCUT2D eigenvalue weighted by Crippen LogP contribution is -2.36. The Morgan fingerprint density at radius 2 is 1.34 bits per heavy atom. The van der Waals surface area contributed by atoms with Crippen LogP contribution in [-0.2, 0) is 35.1 Å². The summed E-state index contributed by atoms with van der Waals surface area (Å²) in [6.45, 7) is 12.5. The average molecular weight is 494 g/mol. The van der Waals surface area contributed by atoms with E-state index in [2.05, 4.69) is 0 Å². The molecule has 0 aliphatic rings. The summed E-state index contributed by atoms with van der Waals surface area (Å²) in [4.78, 5) is 48.4. The predicted molar refractivity (Wildman–Crippen MR) is 130 cm³/mol. The Bertz CT molecular complexity index is 878. The van der Waals surface area contributed by atoms with Crippen molar-refractivity contribution in [2.24, 2.45) is 23.5 Å².